The average molecular weight is 118 g/mol. The summed E-state index contributed by atoms with van der Waals surface area (Å²) in [7, 11) is 0. The van der Waals surface area contributed by atoms with Crippen molar-refractivity contribution in [3.05, 3.63) is 0 Å². The van der Waals surface area contributed by atoms with Crippen LogP contribution in [0.15, 0.2) is 0 Å². The Morgan fingerprint density at radius 3 is 2.75 bits per heavy atom. The minimum absolute atomic E-state index is 0.212. The van der Waals surface area contributed by atoms with Crippen LogP contribution in [0.1, 0.15) is 13.3 Å². The van der Waals surface area contributed by atoms with Gasteiger partial charge in [-0.05, 0) is 12.3 Å². The lowest BCUT2D eigenvalue weighted by Gasteiger charge is -2.21. The molecule has 1 saturated heterocycles. The van der Waals surface area contributed by atoms with E-state index >= 15 is 0 Å². The van der Waals surface area contributed by atoms with E-state index in [0.29, 0.717) is 6.61 Å². The first kappa shape index (κ1) is 6.02. The first-order valence-corrected chi connectivity index (χ1v) is 3.02. The number of hydrogen-bond acceptors (Lipinski definition) is 1. The van der Waals surface area contributed by atoms with Crippen molar-refractivity contribution in [3.63, 3.8) is 0 Å². The fourth-order valence-corrected chi connectivity index (χ4v) is 0.810. The highest BCUT2D eigenvalue weighted by molar-refractivity contribution is 4.67. The van der Waals surface area contributed by atoms with E-state index < -0.39 is 6.17 Å². The number of halogens is 1. The maximum Gasteiger partial charge on any atom is 0.126 e. The fraction of sp³-hybridized carbons (Fsp3) is 1.00. The second-order valence-corrected chi connectivity index (χ2v) is 2.36. The summed E-state index contributed by atoms with van der Waals surface area (Å²) < 4.78 is 17.3. The van der Waals surface area contributed by atoms with Crippen LogP contribution in [-0.2, 0) is 4.74 Å². The zero-order chi connectivity index (χ0) is 5.98. The summed E-state index contributed by atoms with van der Waals surface area (Å²) in [6.45, 7) is 2.97. The molecule has 1 unspecified atom stereocenters. The molecule has 0 aliphatic carbocycles. The molecule has 0 bridgehead atoms. The summed E-state index contributed by atoms with van der Waals surface area (Å²) in [5, 5.41) is 0. The molecule has 0 N–H and O–H groups in total. The van der Waals surface area contributed by atoms with E-state index in [1.165, 1.54) is 0 Å². The van der Waals surface area contributed by atoms with Gasteiger partial charge in [0.05, 0.1) is 6.61 Å². The summed E-state index contributed by atoms with van der Waals surface area (Å²) >= 11 is 0. The molecule has 2 atom stereocenters. The monoisotopic (exact) mass is 118 g/mol. The first-order chi connectivity index (χ1) is 3.80. The zero-order valence-corrected chi connectivity index (χ0v) is 5.06. The van der Waals surface area contributed by atoms with Crippen LogP contribution >= 0.6 is 0 Å². The Kier molecular flexibility index (Phi) is 1.84. The van der Waals surface area contributed by atoms with E-state index in [2.05, 4.69) is 0 Å². The summed E-state index contributed by atoms with van der Waals surface area (Å²) in [5.41, 5.74) is 0. The van der Waals surface area contributed by atoms with Crippen molar-refractivity contribution < 1.29 is 9.13 Å². The van der Waals surface area contributed by atoms with Gasteiger partial charge in [0.1, 0.15) is 6.17 Å². The van der Waals surface area contributed by atoms with Crippen LogP contribution in [0.25, 0.3) is 0 Å². The van der Waals surface area contributed by atoms with E-state index in [9.17, 15) is 4.39 Å². The molecular weight excluding hydrogens is 107 g/mol. The summed E-state index contributed by atoms with van der Waals surface area (Å²) in [5.74, 6) is 0.212. The molecule has 1 fully saturated rings. The van der Waals surface area contributed by atoms with Crippen LogP contribution in [0, 0.1) is 5.92 Å². The molecule has 0 amide bonds. The van der Waals surface area contributed by atoms with Crippen molar-refractivity contribution in [1.82, 2.24) is 0 Å². The molecule has 2 heteroatoms. The van der Waals surface area contributed by atoms with Gasteiger partial charge >= 0.3 is 0 Å². The maximum atomic E-state index is 12.5. The number of ether oxygens (including phenoxy) is 1. The standard InChI is InChI=1S/C6H11FO/c1-5-2-3-8-4-6(5)7/h5-6H,2-4H2,1H3/t5-,6?/m1/s1. The van der Waals surface area contributed by atoms with Crippen LogP contribution in [-0.4, -0.2) is 19.4 Å². The Hall–Kier alpha value is -0.110. The van der Waals surface area contributed by atoms with Crippen LogP contribution in [0.5, 0.6) is 0 Å². The van der Waals surface area contributed by atoms with Crippen molar-refractivity contribution in [3.8, 4) is 0 Å². The Labute approximate surface area is 48.8 Å². The van der Waals surface area contributed by atoms with E-state index in [0.717, 1.165) is 13.0 Å². The van der Waals surface area contributed by atoms with Crippen molar-refractivity contribution >= 4 is 0 Å². The second kappa shape index (κ2) is 2.44. The summed E-state index contributed by atoms with van der Waals surface area (Å²) in [4.78, 5) is 0. The van der Waals surface area contributed by atoms with Gasteiger partial charge in [-0.25, -0.2) is 4.39 Å². The molecule has 0 saturated carbocycles. The lowest BCUT2D eigenvalue weighted by atomic mass is 10.0. The highest BCUT2D eigenvalue weighted by atomic mass is 19.1. The van der Waals surface area contributed by atoms with Crippen LogP contribution in [0.2, 0.25) is 0 Å². The van der Waals surface area contributed by atoms with Crippen LogP contribution in [0.4, 0.5) is 4.39 Å². The Bertz CT molecular complexity index is 64.9. The van der Waals surface area contributed by atoms with Crippen LogP contribution < -0.4 is 0 Å². The Morgan fingerprint density at radius 2 is 2.38 bits per heavy atom. The molecule has 1 aliphatic heterocycles. The van der Waals surface area contributed by atoms with Gasteiger partial charge in [0, 0.05) is 6.61 Å². The molecule has 0 aromatic rings. The van der Waals surface area contributed by atoms with Gasteiger partial charge in [-0.3, -0.25) is 0 Å². The highest BCUT2D eigenvalue weighted by Gasteiger charge is 2.20. The lowest BCUT2D eigenvalue weighted by molar-refractivity contribution is 0.00451. The number of hydrogen-bond donors (Lipinski definition) is 0. The molecule has 1 nitrogen and oxygen atoms in total. The molecular formula is C6H11FO. The molecule has 1 heterocycles. The SMILES string of the molecule is C[C@@H]1CCOCC1F. The fourth-order valence-electron chi connectivity index (χ4n) is 0.810. The zero-order valence-electron chi connectivity index (χ0n) is 5.06. The molecule has 0 spiro atoms. The third-order valence-electron chi connectivity index (χ3n) is 1.61. The van der Waals surface area contributed by atoms with Gasteiger partial charge < -0.3 is 4.74 Å². The summed E-state index contributed by atoms with van der Waals surface area (Å²) in [6.07, 6.45) is 0.157. The van der Waals surface area contributed by atoms with Crippen molar-refractivity contribution in [2.24, 2.45) is 5.92 Å². The molecule has 48 valence electrons. The van der Waals surface area contributed by atoms with Crippen molar-refractivity contribution in [2.75, 3.05) is 13.2 Å². The minimum Gasteiger partial charge on any atom is -0.378 e. The molecule has 0 aromatic heterocycles. The normalized spacial score (nSPS) is 39.8. The van der Waals surface area contributed by atoms with E-state index in [1.807, 2.05) is 6.92 Å². The predicted octanol–water partition coefficient (Wildman–Crippen LogP) is 1.38. The van der Waals surface area contributed by atoms with Crippen molar-refractivity contribution in [2.45, 2.75) is 19.5 Å². The third kappa shape index (κ3) is 1.19. The number of alkyl halides is 1. The van der Waals surface area contributed by atoms with Gasteiger partial charge in [0.15, 0.2) is 0 Å². The van der Waals surface area contributed by atoms with Gasteiger partial charge in [0.2, 0.25) is 0 Å². The predicted molar refractivity (Wildman–Crippen MR) is 29.5 cm³/mol. The van der Waals surface area contributed by atoms with Crippen LogP contribution in [0.3, 0.4) is 0 Å². The summed E-state index contributed by atoms with van der Waals surface area (Å²) in [6, 6.07) is 0. The first-order valence-electron chi connectivity index (χ1n) is 3.02. The lowest BCUT2D eigenvalue weighted by Crippen LogP contribution is -2.26. The van der Waals surface area contributed by atoms with Gasteiger partial charge in [-0.15, -0.1) is 0 Å². The Balaban J connectivity index is 2.28. The largest absolute Gasteiger partial charge is 0.378 e. The van der Waals surface area contributed by atoms with E-state index in [-0.39, 0.29) is 5.92 Å². The molecule has 8 heavy (non-hydrogen) atoms. The minimum atomic E-state index is -0.719. The Morgan fingerprint density at radius 1 is 1.62 bits per heavy atom. The van der Waals surface area contributed by atoms with Gasteiger partial charge in [-0.1, -0.05) is 6.92 Å². The van der Waals surface area contributed by atoms with Gasteiger partial charge in [-0.2, -0.15) is 0 Å². The average Bonchev–Trinajstić information content (AvgIpc) is 1.77. The maximum absolute atomic E-state index is 12.5. The second-order valence-electron chi connectivity index (χ2n) is 2.36. The molecule has 1 rings (SSSR count). The topological polar surface area (TPSA) is 9.23 Å². The quantitative estimate of drug-likeness (QED) is 0.467. The smallest absolute Gasteiger partial charge is 0.126 e. The third-order valence-corrected chi connectivity index (χ3v) is 1.61. The molecule has 0 radical (unpaired) electrons. The highest BCUT2D eigenvalue weighted by Crippen LogP contribution is 2.16. The van der Waals surface area contributed by atoms with E-state index in [1.54, 1.807) is 0 Å². The van der Waals surface area contributed by atoms with Gasteiger partial charge in [0.25, 0.3) is 0 Å². The molecule has 0 aromatic carbocycles. The number of rotatable bonds is 0. The van der Waals surface area contributed by atoms with E-state index in [4.69, 9.17) is 4.74 Å². The molecule has 1 aliphatic rings. The van der Waals surface area contributed by atoms with Crippen molar-refractivity contribution in [1.29, 1.82) is 0 Å².